The summed E-state index contributed by atoms with van der Waals surface area (Å²) in [6, 6.07) is 10.3. The minimum absolute atomic E-state index is 0.00301. The van der Waals surface area contributed by atoms with Crippen LogP contribution in [0.15, 0.2) is 59.6 Å². The van der Waals surface area contributed by atoms with Crippen LogP contribution in [0.5, 0.6) is 0 Å². The molecule has 0 radical (unpaired) electrons. The smallest absolute Gasteiger partial charge is 0.272 e. The van der Waals surface area contributed by atoms with Gasteiger partial charge in [0.25, 0.3) is 11.8 Å². The molecule has 3 heterocycles. The molecule has 2 aromatic heterocycles. The summed E-state index contributed by atoms with van der Waals surface area (Å²) in [5.41, 5.74) is 1.67. The molecule has 14 heteroatoms. The van der Waals surface area contributed by atoms with Gasteiger partial charge in [-0.15, -0.1) is 0 Å². The number of fused-ring (bicyclic) bond motifs is 1. The zero-order valence-electron chi connectivity index (χ0n) is 23.2. The van der Waals surface area contributed by atoms with Crippen LogP contribution in [-0.2, 0) is 22.0 Å². The molecule has 0 saturated heterocycles. The molecule has 5 rings (SSSR count). The summed E-state index contributed by atoms with van der Waals surface area (Å²) in [5.74, 6) is -2.98. The molecule has 220 valence electrons. The second kappa shape index (κ2) is 10.7. The van der Waals surface area contributed by atoms with E-state index in [4.69, 9.17) is 0 Å². The lowest BCUT2D eigenvalue weighted by Gasteiger charge is -2.36. The van der Waals surface area contributed by atoms with Crippen molar-refractivity contribution < 1.29 is 26.8 Å². The third-order valence-electron chi connectivity index (χ3n) is 7.01. The van der Waals surface area contributed by atoms with Gasteiger partial charge in [0, 0.05) is 61.8 Å². The lowest BCUT2D eigenvalue weighted by atomic mass is 9.84. The fraction of sp³-hybridized carbons (Fsp3) is 0.250. The predicted octanol–water partition coefficient (Wildman–Crippen LogP) is 4.07. The van der Waals surface area contributed by atoms with Crippen LogP contribution in [0.2, 0.25) is 0 Å². The van der Waals surface area contributed by atoms with Gasteiger partial charge in [0.2, 0.25) is 10.0 Å². The van der Waals surface area contributed by atoms with Crippen molar-refractivity contribution in [3.63, 3.8) is 0 Å². The van der Waals surface area contributed by atoms with Crippen LogP contribution in [0.4, 0.5) is 26.0 Å². The Morgan fingerprint density at radius 1 is 1.02 bits per heavy atom. The lowest BCUT2D eigenvalue weighted by Crippen LogP contribution is -2.45. The molecule has 1 aliphatic heterocycles. The van der Waals surface area contributed by atoms with Crippen molar-refractivity contribution in [3.05, 3.63) is 88.9 Å². The maximum atomic E-state index is 13.9. The van der Waals surface area contributed by atoms with Gasteiger partial charge < -0.3 is 20.5 Å². The summed E-state index contributed by atoms with van der Waals surface area (Å²) < 4.78 is 55.7. The van der Waals surface area contributed by atoms with Gasteiger partial charge >= 0.3 is 0 Å². The van der Waals surface area contributed by atoms with Crippen molar-refractivity contribution in [2.45, 2.75) is 30.7 Å². The fourth-order valence-electron chi connectivity index (χ4n) is 4.88. The Morgan fingerprint density at radius 3 is 2.38 bits per heavy atom. The van der Waals surface area contributed by atoms with Crippen LogP contribution in [0.3, 0.4) is 0 Å². The molecule has 42 heavy (non-hydrogen) atoms. The van der Waals surface area contributed by atoms with Gasteiger partial charge in [-0.2, -0.15) is 9.40 Å². The number of halogens is 2. The number of sulfonamides is 1. The molecule has 0 spiro atoms. The van der Waals surface area contributed by atoms with E-state index < -0.39 is 43.8 Å². The molecular formula is C28H29F2N7O4S. The summed E-state index contributed by atoms with van der Waals surface area (Å²) in [5, 5.41) is 12.7. The van der Waals surface area contributed by atoms with Gasteiger partial charge in [-0.1, -0.05) is 13.8 Å². The number of hydrogen-bond acceptors (Lipinski definition) is 6. The number of hydrogen-bond donors (Lipinski definition) is 4. The molecule has 11 nitrogen and oxygen atoms in total. The fourth-order valence-corrected chi connectivity index (χ4v) is 6.49. The van der Waals surface area contributed by atoms with Crippen molar-refractivity contribution in [2.24, 2.45) is 0 Å². The van der Waals surface area contributed by atoms with Crippen LogP contribution >= 0.6 is 0 Å². The van der Waals surface area contributed by atoms with Crippen molar-refractivity contribution in [1.82, 2.24) is 19.5 Å². The monoisotopic (exact) mass is 597 g/mol. The van der Waals surface area contributed by atoms with Crippen molar-refractivity contribution in [3.8, 4) is 0 Å². The van der Waals surface area contributed by atoms with Gasteiger partial charge in [0.05, 0.1) is 16.1 Å². The van der Waals surface area contributed by atoms with Crippen LogP contribution in [0.1, 0.15) is 46.0 Å². The third kappa shape index (κ3) is 5.50. The quantitative estimate of drug-likeness (QED) is 0.253. The summed E-state index contributed by atoms with van der Waals surface area (Å²) in [6.07, 6.45) is 1.61. The number of nitrogens with zero attached hydrogens (tertiary/aromatic N) is 3. The number of benzene rings is 2. The molecule has 0 bridgehead atoms. The minimum Gasteiger partial charge on any atom is -0.378 e. The van der Waals surface area contributed by atoms with Crippen molar-refractivity contribution in [1.29, 1.82) is 0 Å². The second-order valence-electron chi connectivity index (χ2n) is 10.8. The van der Waals surface area contributed by atoms with E-state index in [9.17, 15) is 26.8 Å². The SMILES string of the molecule is CN(C)c1ccc(C(=O)Nc2n[nH]c3c2CN(S(=O)(=O)c2cc(F)cc(F)c2)CC3(C)C)c(NC(=O)c2ccc[nH]2)c1. The molecule has 0 saturated carbocycles. The normalized spacial score (nSPS) is 14.7. The summed E-state index contributed by atoms with van der Waals surface area (Å²) in [6.45, 7) is 3.37. The Labute approximate surface area is 241 Å². The zero-order valence-corrected chi connectivity index (χ0v) is 24.1. The number of rotatable bonds is 7. The maximum absolute atomic E-state index is 13.9. The Kier molecular flexibility index (Phi) is 7.37. The van der Waals surface area contributed by atoms with Crippen LogP contribution in [0, 0.1) is 11.6 Å². The van der Waals surface area contributed by atoms with E-state index in [-0.39, 0.29) is 30.2 Å². The molecule has 2 aromatic carbocycles. The first-order chi connectivity index (χ1) is 19.8. The number of anilines is 3. The van der Waals surface area contributed by atoms with Crippen LogP contribution in [-0.4, -0.2) is 60.4 Å². The Morgan fingerprint density at radius 2 is 1.74 bits per heavy atom. The van der Waals surface area contributed by atoms with E-state index in [0.29, 0.717) is 23.0 Å². The number of aromatic nitrogens is 3. The van der Waals surface area contributed by atoms with E-state index >= 15 is 0 Å². The van der Waals surface area contributed by atoms with E-state index in [1.165, 1.54) is 0 Å². The molecule has 0 atom stereocenters. The molecule has 0 fully saturated rings. The summed E-state index contributed by atoms with van der Waals surface area (Å²) >= 11 is 0. The molecule has 0 aliphatic carbocycles. The number of nitrogens with one attached hydrogen (secondary N) is 4. The maximum Gasteiger partial charge on any atom is 0.272 e. The second-order valence-corrected chi connectivity index (χ2v) is 12.7. The Bertz CT molecular complexity index is 1760. The van der Waals surface area contributed by atoms with E-state index in [0.717, 1.165) is 22.1 Å². The average Bonchev–Trinajstić information content (AvgIpc) is 3.59. The molecule has 1 aliphatic rings. The number of amides is 2. The van der Waals surface area contributed by atoms with E-state index in [1.807, 2.05) is 19.0 Å². The highest BCUT2D eigenvalue weighted by atomic mass is 32.2. The zero-order chi connectivity index (χ0) is 30.4. The number of carbonyl (C=O) groups excluding carboxylic acids is 2. The molecule has 0 unspecified atom stereocenters. The molecular weight excluding hydrogens is 568 g/mol. The van der Waals surface area contributed by atoms with Crippen molar-refractivity contribution >= 4 is 39.0 Å². The number of carbonyl (C=O) groups is 2. The average molecular weight is 598 g/mol. The first-order valence-electron chi connectivity index (χ1n) is 12.9. The minimum atomic E-state index is -4.31. The van der Waals surface area contributed by atoms with Gasteiger partial charge in [0.15, 0.2) is 5.82 Å². The summed E-state index contributed by atoms with van der Waals surface area (Å²) in [4.78, 5) is 30.5. The highest BCUT2D eigenvalue weighted by Crippen LogP contribution is 2.38. The number of H-pyrrole nitrogens is 2. The van der Waals surface area contributed by atoms with Crippen molar-refractivity contribution in [2.75, 3.05) is 36.2 Å². The van der Waals surface area contributed by atoms with E-state index in [2.05, 4.69) is 25.8 Å². The topological polar surface area (TPSA) is 143 Å². The Balaban J connectivity index is 1.46. The van der Waals surface area contributed by atoms with Gasteiger partial charge in [-0.05, 0) is 42.5 Å². The first-order valence-corrected chi connectivity index (χ1v) is 14.3. The van der Waals surface area contributed by atoms with Crippen LogP contribution < -0.4 is 15.5 Å². The Hall–Kier alpha value is -4.56. The lowest BCUT2D eigenvalue weighted by molar-refractivity contribution is 0.102. The van der Waals surface area contributed by atoms with E-state index in [1.54, 1.807) is 50.4 Å². The van der Waals surface area contributed by atoms with Crippen LogP contribution in [0.25, 0.3) is 0 Å². The first kappa shape index (κ1) is 29.0. The number of aromatic amines is 2. The van der Waals surface area contributed by atoms with Gasteiger partial charge in [-0.25, -0.2) is 17.2 Å². The van der Waals surface area contributed by atoms with Gasteiger partial charge in [-0.3, -0.25) is 14.7 Å². The summed E-state index contributed by atoms with van der Waals surface area (Å²) in [7, 11) is -0.665. The highest BCUT2D eigenvalue weighted by Gasteiger charge is 2.41. The molecule has 2 amide bonds. The van der Waals surface area contributed by atoms with Gasteiger partial charge in [0.1, 0.15) is 17.3 Å². The molecule has 4 N–H and O–H groups in total. The third-order valence-corrected chi connectivity index (χ3v) is 8.78. The highest BCUT2D eigenvalue weighted by molar-refractivity contribution is 7.89. The standard InChI is InChI=1S/C28H29F2N7O4S/c1-28(2)15-37(42(40,41)19-11-16(29)10-17(30)12-19)14-21-24(28)34-35-25(21)33-26(38)20-8-7-18(36(3)4)13-23(20)32-27(39)22-6-5-9-31-22/h5-13,31H,14-15H2,1-4H3,(H,32,39)(H2,33,34,35,38). The largest absolute Gasteiger partial charge is 0.378 e. The molecule has 4 aromatic rings. The predicted molar refractivity (Wildman–Crippen MR) is 153 cm³/mol.